The van der Waals surface area contributed by atoms with Crippen LogP contribution in [0.5, 0.6) is 0 Å². The van der Waals surface area contributed by atoms with E-state index < -0.39 is 15.6 Å². The summed E-state index contributed by atoms with van der Waals surface area (Å²) in [4.78, 5) is 53.2. The van der Waals surface area contributed by atoms with E-state index in [1.54, 1.807) is 13.8 Å². The fourth-order valence-electron chi connectivity index (χ4n) is 1.50. The minimum absolute atomic E-state index is 0.330. The first-order valence-corrected chi connectivity index (χ1v) is 12.3. The van der Waals surface area contributed by atoms with Gasteiger partial charge in [0.15, 0.2) is 0 Å². The Morgan fingerprint density at radius 1 is 1.00 bits per heavy atom. The molecule has 0 amide bonds. The van der Waals surface area contributed by atoms with E-state index in [1.165, 1.54) is 25.7 Å². The molecule has 0 aliphatic heterocycles. The van der Waals surface area contributed by atoms with Crippen LogP contribution in [-0.4, -0.2) is 66.4 Å². The van der Waals surface area contributed by atoms with Crippen LogP contribution in [0.1, 0.15) is 53.4 Å². The molecular formula is C16H38O12P2. The zero-order chi connectivity index (χ0) is 24.8. The van der Waals surface area contributed by atoms with Gasteiger partial charge < -0.3 is 43.9 Å². The Morgan fingerprint density at radius 3 is 1.67 bits per heavy atom. The second-order valence-corrected chi connectivity index (χ2v) is 7.84. The van der Waals surface area contributed by atoms with Gasteiger partial charge in [-0.3, -0.25) is 0 Å². The van der Waals surface area contributed by atoms with Gasteiger partial charge in [0.25, 0.3) is 0 Å². The summed E-state index contributed by atoms with van der Waals surface area (Å²) < 4.78 is 27.6. The van der Waals surface area contributed by atoms with Crippen LogP contribution in [0, 0.1) is 5.92 Å². The van der Waals surface area contributed by atoms with Crippen molar-refractivity contribution < 1.29 is 57.9 Å². The maximum atomic E-state index is 10.1. The van der Waals surface area contributed by atoms with Crippen molar-refractivity contribution in [3.05, 3.63) is 12.7 Å². The molecule has 0 aliphatic rings. The molecule has 0 saturated carbocycles. The average Bonchev–Trinajstić information content (AvgIpc) is 2.55. The lowest BCUT2D eigenvalue weighted by Crippen LogP contribution is -2.15. The van der Waals surface area contributed by atoms with E-state index in [4.69, 9.17) is 48.3 Å². The minimum atomic E-state index is -4.64. The third kappa shape index (κ3) is 71.0. The molecule has 30 heavy (non-hydrogen) atoms. The number of carbonyl (C=O) groups is 1. The minimum Gasteiger partial charge on any atom is -0.463 e. The van der Waals surface area contributed by atoms with Crippen LogP contribution in [0.4, 0.5) is 0 Å². The van der Waals surface area contributed by atoms with E-state index in [9.17, 15) is 4.79 Å². The SMILES string of the molecule is C=CC(=O)OCC.CCCCC(CC)COCC(C)O.O=P(O)(O)O.O=P(O)(O)O. The van der Waals surface area contributed by atoms with Crippen molar-refractivity contribution in [3.63, 3.8) is 0 Å². The molecular weight excluding hydrogens is 446 g/mol. The van der Waals surface area contributed by atoms with Gasteiger partial charge in [-0.05, 0) is 26.2 Å². The summed E-state index contributed by atoms with van der Waals surface area (Å²) in [6.07, 6.45) is 5.79. The van der Waals surface area contributed by atoms with Gasteiger partial charge in [-0.15, -0.1) is 0 Å². The maximum absolute atomic E-state index is 10.1. The maximum Gasteiger partial charge on any atom is 0.466 e. The predicted molar refractivity (Wildman–Crippen MR) is 111 cm³/mol. The molecule has 0 rings (SSSR count). The van der Waals surface area contributed by atoms with Gasteiger partial charge >= 0.3 is 21.6 Å². The van der Waals surface area contributed by atoms with Gasteiger partial charge in [-0.25, -0.2) is 13.9 Å². The van der Waals surface area contributed by atoms with Crippen molar-refractivity contribution in [1.82, 2.24) is 0 Å². The van der Waals surface area contributed by atoms with Gasteiger partial charge in [0.1, 0.15) is 0 Å². The standard InChI is InChI=1S/C11H24O2.C5H8O2.2H3O4P/c1-4-6-7-11(5-2)9-13-8-10(3)12;1-3-5(6)7-4-2;2*1-5(2,3)4/h10-12H,4-9H2,1-3H3;3H,1,4H2,2H3;2*(H3,1,2,3,4). The highest BCUT2D eigenvalue weighted by atomic mass is 31.2. The van der Waals surface area contributed by atoms with E-state index in [2.05, 4.69) is 25.2 Å². The van der Waals surface area contributed by atoms with Crippen molar-refractivity contribution in [1.29, 1.82) is 0 Å². The van der Waals surface area contributed by atoms with Crippen LogP contribution in [0.25, 0.3) is 0 Å². The molecule has 12 nitrogen and oxygen atoms in total. The summed E-state index contributed by atoms with van der Waals surface area (Å²) >= 11 is 0. The summed E-state index contributed by atoms with van der Waals surface area (Å²) in [6, 6.07) is 0. The molecule has 0 heterocycles. The molecule has 2 unspecified atom stereocenters. The Hall–Kier alpha value is -0.650. The van der Waals surface area contributed by atoms with E-state index in [-0.39, 0.29) is 12.1 Å². The third-order valence-electron chi connectivity index (χ3n) is 2.71. The Kier molecular flexibility index (Phi) is 28.2. The average molecular weight is 484 g/mol. The number of hydrogen-bond acceptors (Lipinski definition) is 6. The number of aliphatic hydroxyl groups is 1. The highest BCUT2D eigenvalue weighted by molar-refractivity contribution is 7.45. The molecule has 0 fully saturated rings. The topological polar surface area (TPSA) is 211 Å². The second kappa shape index (κ2) is 23.0. The number of esters is 1. The van der Waals surface area contributed by atoms with E-state index >= 15 is 0 Å². The number of rotatable bonds is 10. The molecule has 0 aromatic rings. The summed E-state index contributed by atoms with van der Waals surface area (Å²) in [6.45, 7) is 12.8. The largest absolute Gasteiger partial charge is 0.466 e. The Bertz CT molecular complexity index is 450. The molecule has 7 N–H and O–H groups in total. The Labute approximate surface area is 178 Å². The first-order valence-electron chi connectivity index (χ1n) is 9.13. The van der Waals surface area contributed by atoms with E-state index in [1.807, 2.05) is 0 Å². The third-order valence-corrected chi connectivity index (χ3v) is 2.71. The van der Waals surface area contributed by atoms with Gasteiger partial charge in [-0.1, -0.05) is 39.7 Å². The molecule has 0 saturated heterocycles. The zero-order valence-electron chi connectivity index (χ0n) is 18.0. The summed E-state index contributed by atoms with van der Waals surface area (Å²) in [5.74, 6) is 0.321. The highest BCUT2D eigenvalue weighted by Crippen LogP contribution is 2.26. The summed E-state index contributed by atoms with van der Waals surface area (Å²) in [5.41, 5.74) is 0. The van der Waals surface area contributed by atoms with Crippen LogP contribution in [0.15, 0.2) is 12.7 Å². The molecule has 0 spiro atoms. The van der Waals surface area contributed by atoms with Crippen molar-refractivity contribution in [2.75, 3.05) is 19.8 Å². The number of carbonyl (C=O) groups excluding carboxylic acids is 1. The van der Waals surface area contributed by atoms with Gasteiger partial charge in [-0.2, -0.15) is 0 Å². The zero-order valence-corrected chi connectivity index (χ0v) is 19.7. The van der Waals surface area contributed by atoms with Gasteiger partial charge in [0, 0.05) is 12.7 Å². The number of hydrogen-bond donors (Lipinski definition) is 7. The molecule has 0 aromatic carbocycles. The summed E-state index contributed by atoms with van der Waals surface area (Å²) in [5, 5.41) is 8.99. The predicted octanol–water partition coefficient (Wildman–Crippen LogP) is 1.48. The van der Waals surface area contributed by atoms with Crippen molar-refractivity contribution in [2.24, 2.45) is 5.92 Å². The quantitative estimate of drug-likeness (QED) is 0.133. The van der Waals surface area contributed by atoms with E-state index in [0.29, 0.717) is 19.1 Å². The molecule has 14 heteroatoms. The van der Waals surface area contributed by atoms with Crippen LogP contribution in [-0.2, 0) is 23.4 Å². The monoisotopic (exact) mass is 484 g/mol. The molecule has 0 bridgehead atoms. The first kappa shape index (κ1) is 36.7. The second-order valence-electron chi connectivity index (χ2n) is 5.79. The number of ether oxygens (including phenoxy) is 2. The van der Waals surface area contributed by atoms with Crippen LogP contribution in [0.3, 0.4) is 0 Å². The first-order chi connectivity index (χ1) is 13.5. The molecule has 184 valence electrons. The number of unbranched alkanes of at least 4 members (excludes halogenated alkanes) is 1. The van der Waals surface area contributed by atoms with Crippen molar-refractivity contribution in [3.8, 4) is 0 Å². The Morgan fingerprint density at radius 2 is 1.43 bits per heavy atom. The lowest BCUT2D eigenvalue weighted by molar-refractivity contribution is -0.137. The van der Waals surface area contributed by atoms with Crippen LogP contribution in [0.2, 0.25) is 0 Å². The number of phosphoric acid groups is 2. The fraction of sp³-hybridized carbons (Fsp3) is 0.812. The van der Waals surface area contributed by atoms with Crippen molar-refractivity contribution >= 4 is 21.6 Å². The van der Waals surface area contributed by atoms with Crippen molar-refractivity contribution in [2.45, 2.75) is 59.5 Å². The molecule has 0 aliphatic carbocycles. The number of aliphatic hydroxyl groups excluding tert-OH is 1. The molecule has 2 atom stereocenters. The fourth-order valence-corrected chi connectivity index (χ4v) is 1.50. The van der Waals surface area contributed by atoms with Gasteiger partial charge in [0.05, 0.1) is 19.3 Å². The molecule has 0 radical (unpaired) electrons. The Balaban J connectivity index is -0.000000167. The lowest BCUT2D eigenvalue weighted by Gasteiger charge is -2.15. The normalized spacial score (nSPS) is 12.5. The van der Waals surface area contributed by atoms with Gasteiger partial charge in [0.2, 0.25) is 0 Å². The highest BCUT2D eigenvalue weighted by Gasteiger charge is 2.06. The van der Waals surface area contributed by atoms with E-state index in [0.717, 1.165) is 12.7 Å². The smallest absolute Gasteiger partial charge is 0.463 e. The lowest BCUT2D eigenvalue weighted by atomic mass is 10.0. The summed E-state index contributed by atoms with van der Waals surface area (Å²) in [7, 11) is -9.28. The van der Waals surface area contributed by atoms with Crippen LogP contribution >= 0.6 is 15.6 Å². The molecule has 0 aromatic heterocycles. The van der Waals surface area contributed by atoms with Crippen LogP contribution < -0.4 is 0 Å².